The summed E-state index contributed by atoms with van der Waals surface area (Å²) in [4.78, 5) is 18.7. The number of aromatic nitrogens is 1. The number of H-pyrrole nitrogens is 1. The molecule has 1 aromatic heterocycles. The fourth-order valence-electron chi connectivity index (χ4n) is 3.46. The van der Waals surface area contributed by atoms with Crippen molar-refractivity contribution >= 4 is 16.6 Å². The van der Waals surface area contributed by atoms with Crippen molar-refractivity contribution in [2.75, 3.05) is 12.3 Å². The molecule has 0 unspecified atom stereocenters. The maximum absolute atomic E-state index is 12.9. The average Bonchev–Trinajstić information content (AvgIpc) is 2.58. The number of aromatic amines is 1. The Morgan fingerprint density at radius 3 is 2.75 bits per heavy atom. The van der Waals surface area contributed by atoms with Crippen molar-refractivity contribution in [1.29, 1.82) is 0 Å². The molecule has 1 aliphatic heterocycles. The quantitative estimate of drug-likeness (QED) is 0.714. The largest absolute Gasteiger partial charge is 0.399 e. The number of benzene rings is 2. The van der Waals surface area contributed by atoms with E-state index in [1.165, 1.54) is 5.56 Å². The number of anilines is 1. The topological polar surface area (TPSA) is 62.1 Å². The number of hydrogen-bond acceptors (Lipinski definition) is 3. The fourth-order valence-corrected chi connectivity index (χ4v) is 3.46. The molecule has 24 heavy (non-hydrogen) atoms. The summed E-state index contributed by atoms with van der Waals surface area (Å²) >= 11 is 0. The molecular formula is C20H21N3O. The van der Waals surface area contributed by atoms with Crippen LogP contribution in [-0.2, 0) is 19.5 Å². The van der Waals surface area contributed by atoms with Gasteiger partial charge in [-0.05, 0) is 36.8 Å². The predicted molar refractivity (Wildman–Crippen MR) is 98.0 cm³/mol. The van der Waals surface area contributed by atoms with Crippen molar-refractivity contribution in [3.8, 4) is 0 Å². The number of nitrogens with one attached hydrogen (secondary N) is 1. The third-order valence-electron chi connectivity index (χ3n) is 4.79. The molecule has 0 amide bonds. The summed E-state index contributed by atoms with van der Waals surface area (Å²) in [5, 5.41) is 0.795. The molecule has 1 aliphatic rings. The van der Waals surface area contributed by atoms with Crippen molar-refractivity contribution in [2.45, 2.75) is 26.4 Å². The number of pyridine rings is 1. The zero-order chi connectivity index (χ0) is 16.7. The number of nitrogen functional groups attached to an aromatic ring is 1. The molecule has 122 valence electrons. The van der Waals surface area contributed by atoms with Crippen LogP contribution in [0.1, 0.15) is 22.4 Å². The second-order valence-electron chi connectivity index (χ2n) is 6.66. The molecule has 3 N–H and O–H groups in total. The summed E-state index contributed by atoms with van der Waals surface area (Å²) in [5.41, 5.74) is 12.0. The lowest BCUT2D eigenvalue weighted by molar-refractivity contribution is 0.243. The number of fused-ring (bicyclic) bond motifs is 2. The van der Waals surface area contributed by atoms with Crippen molar-refractivity contribution in [1.82, 2.24) is 9.88 Å². The van der Waals surface area contributed by atoms with Crippen molar-refractivity contribution in [2.24, 2.45) is 0 Å². The molecular weight excluding hydrogens is 298 g/mol. The SMILES string of the molecule is Cc1ccc2[nH]c3c(c(=O)c2c1)CN(Cc1ccc(N)cc1)CC3. The van der Waals surface area contributed by atoms with Gasteiger partial charge in [0.05, 0.1) is 0 Å². The van der Waals surface area contributed by atoms with E-state index in [0.29, 0.717) is 6.54 Å². The minimum atomic E-state index is 0.171. The van der Waals surface area contributed by atoms with E-state index in [2.05, 4.69) is 22.0 Å². The van der Waals surface area contributed by atoms with E-state index in [4.69, 9.17) is 5.73 Å². The lowest BCUT2D eigenvalue weighted by Gasteiger charge is -2.28. The van der Waals surface area contributed by atoms with Gasteiger partial charge in [0, 0.05) is 53.9 Å². The molecule has 3 aromatic rings. The Bertz CT molecular complexity index is 957. The third kappa shape index (κ3) is 2.69. The Labute approximate surface area is 140 Å². The van der Waals surface area contributed by atoms with Crippen LogP contribution in [-0.4, -0.2) is 16.4 Å². The molecule has 0 fully saturated rings. The summed E-state index contributed by atoms with van der Waals surface area (Å²) < 4.78 is 0. The van der Waals surface area contributed by atoms with Crippen LogP contribution in [0.4, 0.5) is 5.69 Å². The summed E-state index contributed by atoms with van der Waals surface area (Å²) in [5.74, 6) is 0. The van der Waals surface area contributed by atoms with Gasteiger partial charge in [-0.2, -0.15) is 0 Å². The van der Waals surface area contributed by atoms with Crippen LogP contribution < -0.4 is 11.2 Å². The highest BCUT2D eigenvalue weighted by atomic mass is 16.1. The van der Waals surface area contributed by atoms with Crippen LogP contribution in [0.3, 0.4) is 0 Å². The lowest BCUT2D eigenvalue weighted by Crippen LogP contribution is -2.34. The average molecular weight is 319 g/mol. The van der Waals surface area contributed by atoms with Crippen LogP contribution in [0.15, 0.2) is 47.3 Å². The van der Waals surface area contributed by atoms with E-state index in [9.17, 15) is 4.79 Å². The van der Waals surface area contributed by atoms with Crippen LogP contribution in [0.25, 0.3) is 10.9 Å². The first-order valence-corrected chi connectivity index (χ1v) is 8.31. The molecule has 0 saturated heterocycles. The zero-order valence-electron chi connectivity index (χ0n) is 13.8. The van der Waals surface area contributed by atoms with E-state index in [1.54, 1.807) is 0 Å². The van der Waals surface area contributed by atoms with Crippen LogP contribution in [0, 0.1) is 6.92 Å². The smallest absolute Gasteiger partial charge is 0.194 e. The first-order valence-electron chi connectivity index (χ1n) is 8.31. The number of nitrogens with two attached hydrogens (primary N) is 1. The molecule has 0 aliphatic carbocycles. The van der Waals surface area contributed by atoms with Gasteiger partial charge in [-0.1, -0.05) is 23.8 Å². The van der Waals surface area contributed by atoms with E-state index in [0.717, 1.165) is 52.9 Å². The third-order valence-corrected chi connectivity index (χ3v) is 4.79. The Hall–Kier alpha value is -2.59. The number of nitrogens with zero attached hydrogens (tertiary/aromatic N) is 1. The standard InChI is InChI=1S/C20H21N3O/c1-13-2-7-18-16(10-13)20(24)17-12-23(9-8-19(17)22-18)11-14-3-5-15(21)6-4-14/h2-7,10H,8-9,11-12,21H2,1H3,(H,22,24). The highest BCUT2D eigenvalue weighted by Gasteiger charge is 2.21. The normalized spacial score (nSPS) is 14.7. The van der Waals surface area contributed by atoms with E-state index in [1.807, 2.05) is 37.3 Å². The second kappa shape index (κ2) is 5.80. The highest BCUT2D eigenvalue weighted by molar-refractivity contribution is 5.80. The maximum Gasteiger partial charge on any atom is 0.194 e. The molecule has 0 bridgehead atoms. The second-order valence-corrected chi connectivity index (χ2v) is 6.66. The minimum absolute atomic E-state index is 0.171. The van der Waals surface area contributed by atoms with Crippen molar-refractivity contribution in [3.63, 3.8) is 0 Å². The van der Waals surface area contributed by atoms with Crippen LogP contribution in [0.2, 0.25) is 0 Å². The van der Waals surface area contributed by atoms with Gasteiger partial charge in [0.15, 0.2) is 5.43 Å². The number of rotatable bonds is 2. The molecule has 4 heteroatoms. The van der Waals surface area contributed by atoms with Gasteiger partial charge in [-0.15, -0.1) is 0 Å². The molecule has 4 rings (SSSR count). The summed E-state index contributed by atoms with van der Waals surface area (Å²) in [6, 6.07) is 14.0. The van der Waals surface area contributed by atoms with Crippen molar-refractivity contribution in [3.05, 3.63) is 75.1 Å². The molecule has 0 saturated carbocycles. The summed E-state index contributed by atoms with van der Waals surface area (Å²) in [6.07, 6.45) is 0.878. The molecule has 2 heterocycles. The van der Waals surface area contributed by atoms with Gasteiger partial charge in [0.1, 0.15) is 0 Å². The van der Waals surface area contributed by atoms with Gasteiger partial charge in [-0.25, -0.2) is 0 Å². The number of aryl methyl sites for hydroxylation is 1. The number of hydrogen-bond donors (Lipinski definition) is 2. The van der Waals surface area contributed by atoms with E-state index < -0.39 is 0 Å². The van der Waals surface area contributed by atoms with Gasteiger partial charge in [0.2, 0.25) is 0 Å². The lowest BCUT2D eigenvalue weighted by atomic mass is 10.0. The van der Waals surface area contributed by atoms with Crippen LogP contribution in [0.5, 0.6) is 0 Å². The zero-order valence-corrected chi connectivity index (χ0v) is 13.8. The first-order chi connectivity index (χ1) is 11.6. The maximum atomic E-state index is 12.9. The van der Waals surface area contributed by atoms with E-state index in [-0.39, 0.29) is 5.43 Å². The fraction of sp³-hybridized carbons (Fsp3) is 0.250. The molecule has 2 aromatic carbocycles. The Kier molecular flexibility index (Phi) is 3.62. The Balaban J connectivity index is 1.66. The van der Waals surface area contributed by atoms with Gasteiger partial charge >= 0.3 is 0 Å². The monoisotopic (exact) mass is 319 g/mol. The first kappa shape index (κ1) is 15.0. The van der Waals surface area contributed by atoms with Crippen molar-refractivity contribution < 1.29 is 0 Å². The van der Waals surface area contributed by atoms with Crippen LogP contribution >= 0.6 is 0 Å². The Morgan fingerprint density at radius 2 is 1.96 bits per heavy atom. The molecule has 4 nitrogen and oxygen atoms in total. The molecule has 0 spiro atoms. The summed E-state index contributed by atoms with van der Waals surface area (Å²) in [6.45, 7) is 4.50. The summed E-state index contributed by atoms with van der Waals surface area (Å²) in [7, 11) is 0. The molecule has 0 radical (unpaired) electrons. The molecule has 0 atom stereocenters. The van der Waals surface area contributed by atoms with E-state index >= 15 is 0 Å². The minimum Gasteiger partial charge on any atom is -0.399 e. The van der Waals surface area contributed by atoms with Gasteiger partial charge < -0.3 is 10.7 Å². The highest BCUT2D eigenvalue weighted by Crippen LogP contribution is 2.20. The van der Waals surface area contributed by atoms with Gasteiger partial charge in [0.25, 0.3) is 0 Å². The predicted octanol–water partition coefficient (Wildman–Crippen LogP) is 2.98. The Morgan fingerprint density at radius 1 is 1.17 bits per heavy atom. The van der Waals surface area contributed by atoms with Gasteiger partial charge in [-0.3, -0.25) is 9.69 Å².